The first-order valence-electron chi connectivity index (χ1n) is 10.9. The summed E-state index contributed by atoms with van der Waals surface area (Å²) in [6.45, 7) is 2.10. The molecule has 0 aliphatic rings. The van der Waals surface area contributed by atoms with Gasteiger partial charge in [0.15, 0.2) is 0 Å². The SMILES string of the molecule is CCc1ccc(-n2c(=O)c3ccccc3n(Cc3nc(-c4ccc(SC)cc4)no3)c2=O)cc1. The predicted molar refractivity (Wildman–Crippen MR) is 134 cm³/mol. The van der Waals surface area contributed by atoms with Crippen LogP contribution in [0, 0.1) is 0 Å². The monoisotopic (exact) mass is 470 g/mol. The minimum Gasteiger partial charge on any atom is -0.337 e. The number of para-hydroxylation sites is 1. The highest BCUT2D eigenvalue weighted by molar-refractivity contribution is 7.98. The Kier molecular flexibility index (Phi) is 5.90. The van der Waals surface area contributed by atoms with Crippen LogP contribution in [0.2, 0.25) is 0 Å². The average molecular weight is 471 g/mol. The Morgan fingerprint density at radius 2 is 1.68 bits per heavy atom. The molecule has 0 aliphatic carbocycles. The second-order valence-electron chi connectivity index (χ2n) is 7.79. The standard InChI is InChI=1S/C26H22N4O3S/c1-3-17-8-12-19(13-9-17)30-25(31)21-6-4-5-7-22(21)29(26(30)32)16-23-27-24(28-33-23)18-10-14-20(34-2)15-11-18/h4-15H,3,16H2,1-2H3. The van der Waals surface area contributed by atoms with Crippen LogP contribution in [0.25, 0.3) is 28.0 Å². The van der Waals surface area contributed by atoms with Gasteiger partial charge < -0.3 is 4.52 Å². The van der Waals surface area contributed by atoms with Crippen molar-refractivity contribution in [2.45, 2.75) is 24.8 Å². The number of nitrogens with zero attached hydrogens (tertiary/aromatic N) is 4. The highest BCUT2D eigenvalue weighted by atomic mass is 32.2. The summed E-state index contributed by atoms with van der Waals surface area (Å²) < 4.78 is 8.17. The van der Waals surface area contributed by atoms with Crippen molar-refractivity contribution in [2.24, 2.45) is 0 Å². The molecule has 0 amide bonds. The minimum atomic E-state index is -0.461. The van der Waals surface area contributed by atoms with Crippen LogP contribution >= 0.6 is 11.8 Å². The Morgan fingerprint density at radius 3 is 2.38 bits per heavy atom. The number of aromatic nitrogens is 4. The van der Waals surface area contributed by atoms with Crippen LogP contribution < -0.4 is 11.2 Å². The van der Waals surface area contributed by atoms with E-state index in [1.165, 1.54) is 9.13 Å². The van der Waals surface area contributed by atoms with Gasteiger partial charge in [0.05, 0.1) is 16.6 Å². The number of rotatable bonds is 6. The maximum Gasteiger partial charge on any atom is 0.336 e. The van der Waals surface area contributed by atoms with Gasteiger partial charge in [-0.15, -0.1) is 11.8 Å². The van der Waals surface area contributed by atoms with E-state index in [9.17, 15) is 9.59 Å². The van der Waals surface area contributed by atoms with E-state index in [1.807, 2.05) is 42.7 Å². The quantitative estimate of drug-likeness (QED) is 0.339. The second kappa shape index (κ2) is 9.15. The van der Waals surface area contributed by atoms with Gasteiger partial charge in [0, 0.05) is 10.5 Å². The van der Waals surface area contributed by atoms with Crippen molar-refractivity contribution in [1.82, 2.24) is 19.3 Å². The first-order valence-corrected chi connectivity index (χ1v) is 12.1. The molecule has 0 atom stereocenters. The van der Waals surface area contributed by atoms with Gasteiger partial charge in [0.2, 0.25) is 11.7 Å². The number of thioether (sulfide) groups is 1. The zero-order chi connectivity index (χ0) is 23.7. The van der Waals surface area contributed by atoms with Crippen molar-refractivity contribution in [1.29, 1.82) is 0 Å². The fraction of sp³-hybridized carbons (Fsp3) is 0.154. The van der Waals surface area contributed by atoms with Crippen molar-refractivity contribution >= 4 is 22.7 Å². The van der Waals surface area contributed by atoms with Crippen molar-refractivity contribution in [2.75, 3.05) is 6.26 Å². The molecule has 0 bridgehead atoms. The Balaban J connectivity index is 1.60. The third kappa shape index (κ3) is 3.97. The van der Waals surface area contributed by atoms with E-state index in [-0.39, 0.29) is 18.0 Å². The molecular weight excluding hydrogens is 448 g/mol. The van der Waals surface area contributed by atoms with E-state index in [2.05, 4.69) is 17.1 Å². The van der Waals surface area contributed by atoms with Gasteiger partial charge in [0.1, 0.15) is 6.54 Å². The first-order chi connectivity index (χ1) is 16.6. The molecule has 5 aromatic rings. The maximum absolute atomic E-state index is 13.5. The molecule has 2 aromatic heterocycles. The molecule has 0 aliphatic heterocycles. The lowest BCUT2D eigenvalue weighted by atomic mass is 10.1. The van der Waals surface area contributed by atoms with E-state index in [1.54, 1.807) is 48.2 Å². The molecule has 0 saturated heterocycles. The predicted octanol–water partition coefficient (Wildman–Crippen LogP) is 4.54. The van der Waals surface area contributed by atoms with Crippen molar-refractivity contribution < 1.29 is 4.52 Å². The molecular formula is C26H22N4O3S. The van der Waals surface area contributed by atoms with Crippen molar-refractivity contribution in [3.05, 3.63) is 105 Å². The molecule has 0 radical (unpaired) electrons. The maximum atomic E-state index is 13.5. The van der Waals surface area contributed by atoms with Gasteiger partial charge in [-0.3, -0.25) is 9.36 Å². The summed E-state index contributed by atoms with van der Waals surface area (Å²) in [7, 11) is 0. The summed E-state index contributed by atoms with van der Waals surface area (Å²) in [5.74, 6) is 0.728. The van der Waals surface area contributed by atoms with Gasteiger partial charge in [0.25, 0.3) is 5.56 Å². The van der Waals surface area contributed by atoms with Crippen LogP contribution in [0.15, 0.2) is 91.8 Å². The highest BCUT2D eigenvalue weighted by Crippen LogP contribution is 2.21. The normalized spacial score (nSPS) is 11.2. The van der Waals surface area contributed by atoms with Crippen LogP contribution in [0.4, 0.5) is 0 Å². The zero-order valence-corrected chi connectivity index (χ0v) is 19.6. The van der Waals surface area contributed by atoms with E-state index in [4.69, 9.17) is 4.52 Å². The largest absolute Gasteiger partial charge is 0.337 e. The summed E-state index contributed by atoms with van der Waals surface area (Å²) in [4.78, 5) is 32.4. The lowest BCUT2D eigenvalue weighted by Gasteiger charge is -2.13. The summed E-state index contributed by atoms with van der Waals surface area (Å²) in [5, 5.41) is 4.53. The molecule has 0 unspecified atom stereocenters. The topological polar surface area (TPSA) is 82.9 Å². The van der Waals surface area contributed by atoms with Gasteiger partial charge >= 0.3 is 5.69 Å². The van der Waals surface area contributed by atoms with Crippen molar-refractivity contribution in [3.63, 3.8) is 0 Å². The number of hydrogen-bond acceptors (Lipinski definition) is 6. The summed E-state index contributed by atoms with van der Waals surface area (Å²) in [5.41, 5.74) is 2.17. The summed E-state index contributed by atoms with van der Waals surface area (Å²) in [6, 6.07) is 22.3. The highest BCUT2D eigenvalue weighted by Gasteiger charge is 2.17. The fourth-order valence-corrected chi connectivity index (χ4v) is 4.30. The van der Waals surface area contributed by atoms with E-state index in [0.717, 1.165) is 22.4 Å². The van der Waals surface area contributed by atoms with Crippen LogP contribution in [0.1, 0.15) is 18.4 Å². The smallest absolute Gasteiger partial charge is 0.336 e. The Bertz CT molecular complexity index is 1580. The lowest BCUT2D eigenvalue weighted by Crippen LogP contribution is -2.39. The third-order valence-electron chi connectivity index (χ3n) is 5.76. The summed E-state index contributed by atoms with van der Waals surface area (Å²) in [6.07, 6.45) is 2.89. The average Bonchev–Trinajstić information content (AvgIpc) is 3.36. The number of aryl methyl sites for hydroxylation is 1. The van der Waals surface area contributed by atoms with Crippen LogP contribution in [0.5, 0.6) is 0 Å². The molecule has 5 rings (SSSR count). The molecule has 7 nitrogen and oxygen atoms in total. The Morgan fingerprint density at radius 1 is 0.941 bits per heavy atom. The molecule has 0 N–H and O–H groups in total. The molecule has 34 heavy (non-hydrogen) atoms. The molecule has 170 valence electrons. The van der Waals surface area contributed by atoms with Gasteiger partial charge in [-0.05, 0) is 66.8 Å². The molecule has 3 aromatic carbocycles. The minimum absolute atomic E-state index is 0.0442. The fourth-order valence-electron chi connectivity index (χ4n) is 3.89. The molecule has 0 fully saturated rings. The molecule has 0 spiro atoms. The van der Waals surface area contributed by atoms with E-state index < -0.39 is 5.69 Å². The summed E-state index contributed by atoms with van der Waals surface area (Å²) >= 11 is 1.65. The zero-order valence-electron chi connectivity index (χ0n) is 18.8. The molecule has 2 heterocycles. The Labute approximate surface area is 199 Å². The van der Waals surface area contributed by atoms with Crippen LogP contribution in [-0.4, -0.2) is 25.5 Å². The number of fused-ring (bicyclic) bond motifs is 1. The third-order valence-corrected chi connectivity index (χ3v) is 6.51. The van der Waals surface area contributed by atoms with E-state index >= 15 is 0 Å². The Hall–Kier alpha value is -3.91. The van der Waals surface area contributed by atoms with Crippen LogP contribution in [-0.2, 0) is 13.0 Å². The van der Waals surface area contributed by atoms with Crippen molar-refractivity contribution in [3.8, 4) is 17.1 Å². The van der Waals surface area contributed by atoms with Gasteiger partial charge in [-0.1, -0.05) is 36.3 Å². The molecule has 8 heteroatoms. The second-order valence-corrected chi connectivity index (χ2v) is 8.67. The lowest BCUT2D eigenvalue weighted by molar-refractivity contribution is 0.370. The first kappa shape index (κ1) is 21.9. The van der Waals surface area contributed by atoms with E-state index in [0.29, 0.717) is 22.4 Å². The van der Waals surface area contributed by atoms with Gasteiger partial charge in [-0.25, -0.2) is 9.36 Å². The number of benzene rings is 3. The van der Waals surface area contributed by atoms with Gasteiger partial charge in [-0.2, -0.15) is 4.98 Å². The van der Waals surface area contributed by atoms with Crippen LogP contribution in [0.3, 0.4) is 0 Å². The molecule has 0 saturated carbocycles. The number of hydrogen-bond donors (Lipinski definition) is 0.